The Bertz CT molecular complexity index is 426. The Hall–Kier alpha value is -1.56. The van der Waals surface area contributed by atoms with Gasteiger partial charge in [0.2, 0.25) is 0 Å². The molecule has 0 saturated carbocycles. The minimum absolute atomic E-state index is 0.250. The zero-order chi connectivity index (χ0) is 15.9. The molecule has 0 radical (unpaired) electrons. The van der Waals surface area contributed by atoms with Crippen molar-refractivity contribution in [3.8, 4) is 0 Å². The van der Waals surface area contributed by atoms with Crippen LogP contribution in [0.2, 0.25) is 0 Å². The minimum atomic E-state index is -4.24. The molecule has 3 nitrogen and oxygen atoms in total. The summed E-state index contributed by atoms with van der Waals surface area (Å²) in [6.07, 6.45) is -2.04. The van der Waals surface area contributed by atoms with Crippen LogP contribution in [-0.4, -0.2) is 24.7 Å². The fourth-order valence-corrected chi connectivity index (χ4v) is 2.59. The van der Waals surface area contributed by atoms with Gasteiger partial charge in [0.1, 0.15) is 0 Å². The lowest BCUT2D eigenvalue weighted by atomic mass is 9.81. The summed E-state index contributed by atoms with van der Waals surface area (Å²) in [4.78, 5) is 8.36. The van der Waals surface area contributed by atoms with E-state index in [9.17, 15) is 13.2 Å². The number of piperidine rings is 1. The summed E-state index contributed by atoms with van der Waals surface area (Å²) in [5, 5.41) is 10.2. The quantitative estimate of drug-likeness (QED) is 0.822. The van der Waals surface area contributed by atoms with E-state index in [2.05, 4.69) is 12.2 Å². The van der Waals surface area contributed by atoms with E-state index in [1.165, 1.54) is 12.1 Å². The maximum absolute atomic E-state index is 12.5. The fraction of sp³-hybridized carbons (Fsp3) is 0.533. The van der Waals surface area contributed by atoms with Crippen molar-refractivity contribution in [2.75, 3.05) is 13.1 Å². The number of hydrogen-bond acceptors (Lipinski definition) is 2. The molecule has 0 spiro atoms. The van der Waals surface area contributed by atoms with E-state index in [1.54, 1.807) is 12.1 Å². The molecule has 1 fully saturated rings. The molecule has 1 aliphatic rings. The van der Waals surface area contributed by atoms with Crippen molar-refractivity contribution in [2.45, 2.75) is 31.9 Å². The van der Waals surface area contributed by atoms with E-state index in [0.717, 1.165) is 31.5 Å². The summed E-state index contributed by atoms with van der Waals surface area (Å²) in [5.41, 5.74) is 0.443. The van der Waals surface area contributed by atoms with Crippen LogP contribution in [0.3, 0.4) is 0 Å². The Labute approximate surface area is 122 Å². The molecule has 1 saturated heterocycles. The topological polar surface area (TPSA) is 49.3 Å². The first-order valence-corrected chi connectivity index (χ1v) is 6.86. The highest BCUT2D eigenvalue weighted by atomic mass is 19.4. The van der Waals surface area contributed by atoms with Crippen LogP contribution in [-0.2, 0) is 11.0 Å². The smallest absolute Gasteiger partial charge is 0.416 e. The Morgan fingerprint density at radius 1 is 1.24 bits per heavy atom. The zero-order valence-electron chi connectivity index (χ0n) is 11.9. The van der Waals surface area contributed by atoms with Gasteiger partial charge in [0.05, 0.1) is 5.56 Å². The normalized spacial score (nSPS) is 17.5. The van der Waals surface area contributed by atoms with Crippen molar-refractivity contribution in [2.24, 2.45) is 5.92 Å². The van der Waals surface area contributed by atoms with Crippen LogP contribution in [0.15, 0.2) is 24.3 Å². The molecule has 0 bridgehead atoms. The van der Waals surface area contributed by atoms with Gasteiger partial charge in [-0.1, -0.05) is 19.1 Å². The van der Waals surface area contributed by atoms with Gasteiger partial charge in [0.25, 0.3) is 6.47 Å². The third-order valence-corrected chi connectivity index (χ3v) is 3.85. The van der Waals surface area contributed by atoms with Crippen molar-refractivity contribution in [3.05, 3.63) is 35.4 Å². The van der Waals surface area contributed by atoms with Gasteiger partial charge in [0.15, 0.2) is 0 Å². The average molecular weight is 303 g/mol. The highest BCUT2D eigenvalue weighted by molar-refractivity contribution is 5.32. The summed E-state index contributed by atoms with van der Waals surface area (Å²) in [5.74, 6) is 0.900. The third-order valence-electron chi connectivity index (χ3n) is 3.85. The molecule has 2 N–H and O–H groups in total. The number of alkyl halides is 3. The van der Waals surface area contributed by atoms with Crippen molar-refractivity contribution in [1.29, 1.82) is 0 Å². The zero-order valence-corrected chi connectivity index (χ0v) is 11.9. The largest absolute Gasteiger partial charge is 0.483 e. The van der Waals surface area contributed by atoms with E-state index < -0.39 is 11.7 Å². The molecule has 1 aromatic rings. The molecule has 0 aliphatic carbocycles. The molecule has 1 heterocycles. The Morgan fingerprint density at radius 2 is 1.71 bits per heavy atom. The van der Waals surface area contributed by atoms with E-state index in [-0.39, 0.29) is 6.47 Å². The third kappa shape index (κ3) is 5.38. The molecular formula is C15H20F3NO2. The number of halogens is 3. The molecule has 1 atom stereocenters. The van der Waals surface area contributed by atoms with E-state index in [4.69, 9.17) is 9.90 Å². The van der Waals surface area contributed by atoms with Crippen molar-refractivity contribution in [1.82, 2.24) is 5.32 Å². The van der Waals surface area contributed by atoms with Gasteiger partial charge in [-0.05, 0) is 55.5 Å². The van der Waals surface area contributed by atoms with Gasteiger partial charge >= 0.3 is 6.18 Å². The SMILES string of the molecule is CC(c1ccc(C(F)(F)F)cc1)C1CCNCC1.O=CO. The molecule has 118 valence electrons. The Morgan fingerprint density at radius 3 is 2.14 bits per heavy atom. The molecule has 21 heavy (non-hydrogen) atoms. The number of rotatable bonds is 2. The van der Waals surface area contributed by atoms with Crippen molar-refractivity contribution >= 4 is 6.47 Å². The molecule has 1 aliphatic heterocycles. The average Bonchev–Trinajstić information content (AvgIpc) is 2.47. The predicted molar refractivity (Wildman–Crippen MR) is 74.1 cm³/mol. The summed E-state index contributed by atoms with van der Waals surface area (Å²) in [6.45, 7) is 3.88. The summed E-state index contributed by atoms with van der Waals surface area (Å²) >= 11 is 0. The van der Waals surface area contributed by atoms with Crippen LogP contribution in [0.1, 0.15) is 36.8 Å². The first-order chi connectivity index (χ1) is 9.90. The van der Waals surface area contributed by atoms with Crippen LogP contribution in [0.25, 0.3) is 0 Å². The van der Waals surface area contributed by atoms with Crippen molar-refractivity contribution < 1.29 is 23.1 Å². The lowest BCUT2D eigenvalue weighted by Crippen LogP contribution is -2.30. The Kier molecular flexibility index (Phi) is 6.68. The van der Waals surface area contributed by atoms with Crippen LogP contribution in [0.5, 0.6) is 0 Å². The highest BCUT2D eigenvalue weighted by Gasteiger charge is 2.30. The first kappa shape index (κ1) is 17.5. The van der Waals surface area contributed by atoms with Gasteiger partial charge < -0.3 is 10.4 Å². The molecular weight excluding hydrogens is 283 g/mol. The number of benzene rings is 1. The maximum Gasteiger partial charge on any atom is 0.416 e. The Balaban J connectivity index is 0.000000677. The second-order valence-corrected chi connectivity index (χ2v) is 5.10. The molecule has 0 aromatic heterocycles. The van der Waals surface area contributed by atoms with Crippen LogP contribution in [0.4, 0.5) is 13.2 Å². The van der Waals surface area contributed by atoms with E-state index in [1.807, 2.05) is 0 Å². The lowest BCUT2D eigenvalue weighted by Gasteiger charge is -2.28. The van der Waals surface area contributed by atoms with Crippen LogP contribution >= 0.6 is 0 Å². The lowest BCUT2D eigenvalue weighted by molar-refractivity contribution is -0.137. The second kappa shape index (κ2) is 8.02. The predicted octanol–water partition coefficient (Wildman–Crippen LogP) is 3.51. The minimum Gasteiger partial charge on any atom is -0.483 e. The van der Waals surface area contributed by atoms with E-state index in [0.29, 0.717) is 11.8 Å². The molecule has 2 rings (SSSR count). The molecule has 1 aromatic carbocycles. The molecule has 1 unspecified atom stereocenters. The second-order valence-electron chi connectivity index (χ2n) is 5.10. The highest BCUT2D eigenvalue weighted by Crippen LogP contribution is 2.33. The van der Waals surface area contributed by atoms with Gasteiger partial charge in [-0.3, -0.25) is 4.79 Å². The summed E-state index contributed by atoms with van der Waals surface area (Å²) in [7, 11) is 0. The van der Waals surface area contributed by atoms with Crippen molar-refractivity contribution in [3.63, 3.8) is 0 Å². The number of hydrogen-bond donors (Lipinski definition) is 2. The van der Waals surface area contributed by atoms with Gasteiger partial charge in [-0.15, -0.1) is 0 Å². The van der Waals surface area contributed by atoms with Gasteiger partial charge in [-0.2, -0.15) is 13.2 Å². The molecule has 6 heteroatoms. The van der Waals surface area contributed by atoms with Gasteiger partial charge in [0, 0.05) is 0 Å². The monoisotopic (exact) mass is 303 g/mol. The maximum atomic E-state index is 12.5. The van der Waals surface area contributed by atoms with Crippen LogP contribution in [0, 0.1) is 5.92 Å². The van der Waals surface area contributed by atoms with Gasteiger partial charge in [-0.25, -0.2) is 0 Å². The molecule has 0 amide bonds. The first-order valence-electron chi connectivity index (χ1n) is 6.86. The summed E-state index contributed by atoms with van der Waals surface area (Å²) in [6, 6.07) is 5.62. The van der Waals surface area contributed by atoms with Crippen LogP contribution < -0.4 is 5.32 Å². The number of carbonyl (C=O) groups is 1. The fourth-order valence-electron chi connectivity index (χ4n) is 2.59. The van der Waals surface area contributed by atoms with E-state index >= 15 is 0 Å². The summed E-state index contributed by atoms with van der Waals surface area (Å²) < 4.78 is 37.4. The number of nitrogens with one attached hydrogen (secondary N) is 1. The standard InChI is InChI=1S/C14H18F3N.CH2O2/c1-10(12-6-8-18-9-7-12)11-2-4-13(5-3-11)14(15,16)17;2-1-3/h2-5,10,12,18H,6-9H2,1H3;1H,(H,2,3). The number of carboxylic acid groups (broad SMARTS) is 1.